The van der Waals surface area contributed by atoms with Crippen LogP contribution >= 0.6 is 0 Å². The van der Waals surface area contributed by atoms with Crippen molar-refractivity contribution in [1.29, 1.82) is 0 Å². The third-order valence-electron chi connectivity index (χ3n) is 4.82. The van der Waals surface area contributed by atoms with Gasteiger partial charge in [-0.3, -0.25) is 4.79 Å². The van der Waals surface area contributed by atoms with E-state index in [1.54, 1.807) is 12.4 Å². The van der Waals surface area contributed by atoms with Gasteiger partial charge in [-0.15, -0.1) is 0 Å². The molecule has 1 fully saturated rings. The largest absolute Gasteiger partial charge is 0.469 e. The van der Waals surface area contributed by atoms with E-state index in [-0.39, 0.29) is 11.9 Å². The summed E-state index contributed by atoms with van der Waals surface area (Å²) in [6.45, 7) is 1.36. The maximum atomic E-state index is 11.8. The number of benzene rings is 1. The van der Waals surface area contributed by atoms with Crippen molar-refractivity contribution in [2.45, 2.75) is 6.42 Å². The Morgan fingerprint density at radius 1 is 1.07 bits per heavy atom. The summed E-state index contributed by atoms with van der Waals surface area (Å²) in [4.78, 5) is 22.6. The van der Waals surface area contributed by atoms with Gasteiger partial charge in [0.1, 0.15) is 17.3 Å². The van der Waals surface area contributed by atoms with Gasteiger partial charge in [-0.25, -0.2) is 9.97 Å². The van der Waals surface area contributed by atoms with Crippen LogP contribution in [0.3, 0.4) is 0 Å². The van der Waals surface area contributed by atoms with Gasteiger partial charge in [-0.05, 0) is 55.0 Å². The van der Waals surface area contributed by atoms with Crippen LogP contribution in [0.5, 0.6) is 11.6 Å². The molecule has 0 spiro atoms. The van der Waals surface area contributed by atoms with Crippen LogP contribution in [0, 0.1) is 5.92 Å². The van der Waals surface area contributed by atoms with Gasteiger partial charge >= 0.3 is 5.97 Å². The number of nitrogens with zero attached hydrogens (tertiary/aromatic N) is 3. The normalized spacial score (nSPS) is 15.8. The van der Waals surface area contributed by atoms with E-state index in [0.717, 1.165) is 30.2 Å². The predicted molar refractivity (Wildman–Crippen MR) is 111 cm³/mol. The van der Waals surface area contributed by atoms with Gasteiger partial charge in [0.05, 0.1) is 13.0 Å². The topological polar surface area (TPSA) is 76.6 Å². The van der Waals surface area contributed by atoms with Gasteiger partial charge in [0.2, 0.25) is 5.88 Å². The fourth-order valence-corrected chi connectivity index (χ4v) is 3.34. The summed E-state index contributed by atoms with van der Waals surface area (Å²) in [5, 5.41) is 3.24. The molecule has 0 radical (unpaired) electrons. The molecule has 7 nitrogen and oxygen atoms in total. The van der Waals surface area contributed by atoms with Gasteiger partial charge < -0.3 is 19.7 Å². The minimum atomic E-state index is -0.171. The Bertz CT molecular complexity index is 963. The third-order valence-corrected chi connectivity index (χ3v) is 4.82. The molecule has 1 atom stereocenters. The smallest absolute Gasteiger partial charge is 0.310 e. The molecule has 0 amide bonds. The number of rotatable bonds is 6. The first kappa shape index (κ1) is 18.7. The van der Waals surface area contributed by atoms with Crippen LogP contribution in [-0.2, 0) is 9.53 Å². The second kappa shape index (κ2) is 8.60. The van der Waals surface area contributed by atoms with Crippen LogP contribution in [0.15, 0.2) is 67.0 Å². The van der Waals surface area contributed by atoms with Crippen molar-refractivity contribution < 1.29 is 14.3 Å². The summed E-state index contributed by atoms with van der Waals surface area (Å²) < 4.78 is 10.9. The van der Waals surface area contributed by atoms with Gasteiger partial charge in [0.25, 0.3) is 0 Å². The van der Waals surface area contributed by atoms with Crippen LogP contribution in [0.4, 0.5) is 17.2 Å². The fraction of sp³-hybridized carbons (Fsp3) is 0.227. The standard InChI is InChI=1S/C22H22N4O3/c1-28-22(27)16-11-14-26(15-16)19-5-4-13-24-21(19)29-18-9-7-17(8-10-18)25-20-6-2-3-12-23-20/h2-10,12-13,16H,11,14-15H2,1H3,(H,23,25). The maximum Gasteiger partial charge on any atom is 0.310 e. The quantitative estimate of drug-likeness (QED) is 0.637. The number of anilines is 3. The molecule has 1 aliphatic rings. The van der Waals surface area contributed by atoms with Gasteiger partial charge in [-0.2, -0.15) is 0 Å². The molecule has 3 heterocycles. The van der Waals surface area contributed by atoms with Crippen molar-refractivity contribution in [3.8, 4) is 11.6 Å². The van der Waals surface area contributed by atoms with E-state index in [1.165, 1.54) is 7.11 Å². The zero-order valence-electron chi connectivity index (χ0n) is 16.1. The molecule has 148 valence electrons. The average Bonchev–Trinajstić information content (AvgIpc) is 3.26. The molecule has 4 rings (SSSR count). The lowest BCUT2D eigenvalue weighted by Crippen LogP contribution is -2.24. The molecule has 0 aliphatic carbocycles. The minimum absolute atomic E-state index is 0.120. The first-order valence-electron chi connectivity index (χ1n) is 9.46. The van der Waals surface area contributed by atoms with Gasteiger partial charge in [0, 0.05) is 31.2 Å². The lowest BCUT2D eigenvalue weighted by molar-refractivity contribution is -0.144. The zero-order valence-corrected chi connectivity index (χ0v) is 16.1. The highest BCUT2D eigenvalue weighted by molar-refractivity contribution is 5.74. The van der Waals surface area contributed by atoms with Crippen LogP contribution in [0.25, 0.3) is 0 Å². The van der Waals surface area contributed by atoms with Gasteiger partial charge in [0.15, 0.2) is 0 Å². The van der Waals surface area contributed by atoms with Crippen molar-refractivity contribution in [1.82, 2.24) is 9.97 Å². The van der Waals surface area contributed by atoms with Crippen molar-refractivity contribution in [2.75, 3.05) is 30.4 Å². The van der Waals surface area contributed by atoms with E-state index in [0.29, 0.717) is 18.2 Å². The molecule has 1 aliphatic heterocycles. The number of carbonyl (C=O) groups is 1. The van der Waals surface area contributed by atoms with Crippen molar-refractivity contribution in [3.63, 3.8) is 0 Å². The second-order valence-corrected chi connectivity index (χ2v) is 6.75. The monoisotopic (exact) mass is 390 g/mol. The number of hydrogen-bond acceptors (Lipinski definition) is 7. The van der Waals surface area contributed by atoms with Gasteiger partial charge in [-0.1, -0.05) is 6.07 Å². The SMILES string of the molecule is COC(=O)C1CCN(c2cccnc2Oc2ccc(Nc3ccccn3)cc2)C1. The summed E-state index contributed by atoms with van der Waals surface area (Å²) in [5.74, 6) is 1.69. The summed E-state index contributed by atoms with van der Waals surface area (Å²) in [7, 11) is 1.43. The first-order valence-corrected chi connectivity index (χ1v) is 9.46. The van der Waals surface area contributed by atoms with Crippen LogP contribution in [0.1, 0.15) is 6.42 Å². The molecule has 2 aromatic heterocycles. The van der Waals surface area contributed by atoms with Crippen molar-refractivity contribution >= 4 is 23.2 Å². The third kappa shape index (κ3) is 4.45. The molecule has 7 heteroatoms. The fourth-order valence-electron chi connectivity index (χ4n) is 3.34. The Morgan fingerprint density at radius 3 is 2.66 bits per heavy atom. The van der Waals surface area contributed by atoms with E-state index in [4.69, 9.17) is 9.47 Å². The molecule has 1 aromatic carbocycles. The highest BCUT2D eigenvalue weighted by atomic mass is 16.5. The van der Waals surface area contributed by atoms with Crippen molar-refractivity contribution in [2.24, 2.45) is 5.92 Å². The molecule has 29 heavy (non-hydrogen) atoms. The van der Waals surface area contributed by atoms with E-state index in [9.17, 15) is 4.79 Å². The van der Waals surface area contributed by atoms with E-state index >= 15 is 0 Å². The molecule has 0 bridgehead atoms. The highest BCUT2D eigenvalue weighted by Gasteiger charge is 2.30. The van der Waals surface area contributed by atoms with E-state index < -0.39 is 0 Å². The summed E-state index contributed by atoms with van der Waals surface area (Å²) >= 11 is 0. The lowest BCUT2D eigenvalue weighted by atomic mass is 10.1. The summed E-state index contributed by atoms with van der Waals surface area (Å²) in [6, 6.07) is 17.1. The number of pyridine rings is 2. The predicted octanol–water partition coefficient (Wildman–Crippen LogP) is 4.01. The van der Waals surface area contributed by atoms with E-state index in [1.807, 2.05) is 54.6 Å². The minimum Gasteiger partial charge on any atom is -0.469 e. The molecule has 1 unspecified atom stereocenters. The average molecular weight is 390 g/mol. The number of ether oxygens (including phenoxy) is 2. The second-order valence-electron chi connectivity index (χ2n) is 6.75. The van der Waals surface area contributed by atoms with Crippen molar-refractivity contribution in [3.05, 3.63) is 67.0 Å². The first-order chi connectivity index (χ1) is 14.2. The Balaban J connectivity index is 1.45. The Labute approximate surface area is 169 Å². The summed E-state index contributed by atoms with van der Waals surface area (Å²) in [6.07, 6.45) is 4.20. The molecule has 1 N–H and O–H groups in total. The maximum absolute atomic E-state index is 11.8. The number of nitrogens with one attached hydrogen (secondary N) is 1. The number of esters is 1. The lowest BCUT2D eigenvalue weighted by Gasteiger charge is -2.20. The van der Waals surface area contributed by atoms with Crippen LogP contribution in [0.2, 0.25) is 0 Å². The Hall–Kier alpha value is -3.61. The molecule has 1 saturated heterocycles. The molecular formula is C22H22N4O3. The van der Waals surface area contributed by atoms with Crippen LogP contribution in [-0.4, -0.2) is 36.1 Å². The molecule has 0 saturated carbocycles. The highest BCUT2D eigenvalue weighted by Crippen LogP contribution is 2.34. The number of methoxy groups -OCH3 is 1. The van der Waals surface area contributed by atoms with E-state index in [2.05, 4.69) is 20.2 Å². The Kier molecular flexibility index (Phi) is 5.56. The molecular weight excluding hydrogens is 368 g/mol. The number of aromatic nitrogens is 2. The number of carbonyl (C=O) groups excluding carboxylic acids is 1. The summed E-state index contributed by atoms with van der Waals surface area (Å²) in [5.41, 5.74) is 1.78. The zero-order chi connectivity index (χ0) is 20.1. The van der Waals surface area contributed by atoms with Crippen LogP contribution < -0.4 is 15.0 Å². The Morgan fingerprint density at radius 2 is 1.90 bits per heavy atom. The molecule has 3 aromatic rings. The number of hydrogen-bond donors (Lipinski definition) is 1.